The second-order valence-electron chi connectivity index (χ2n) is 10.4. The number of rotatable bonds is 6. The van der Waals surface area contributed by atoms with Gasteiger partial charge in [-0.25, -0.2) is 14.8 Å². The van der Waals surface area contributed by atoms with Crippen LogP contribution >= 0.6 is 0 Å². The highest BCUT2D eigenvalue weighted by Gasteiger charge is 2.42. The number of hydrogen-bond donors (Lipinski definition) is 1. The molecule has 1 aromatic carbocycles. The first-order chi connectivity index (χ1) is 17.7. The molecule has 1 aliphatic carbocycles. The van der Waals surface area contributed by atoms with Crippen LogP contribution in [0.1, 0.15) is 61.7 Å². The first-order valence-electron chi connectivity index (χ1n) is 13.2. The van der Waals surface area contributed by atoms with Gasteiger partial charge >= 0.3 is 6.09 Å². The lowest BCUT2D eigenvalue weighted by Gasteiger charge is -2.49. The van der Waals surface area contributed by atoms with Crippen LogP contribution in [-0.2, 0) is 4.74 Å². The number of aromatic nitrogens is 3. The number of carbonyl (C=O) groups is 1. The lowest BCUT2D eigenvalue weighted by molar-refractivity contribution is -0.00149. The number of ether oxygens (including phenoxy) is 1. The Bertz CT molecular complexity index is 1180. The molecular weight excluding hydrogens is 450 g/mol. The molecule has 0 spiro atoms. The zero-order valence-corrected chi connectivity index (χ0v) is 20.6. The van der Waals surface area contributed by atoms with Crippen molar-refractivity contribution in [3.8, 4) is 11.4 Å². The maximum Gasteiger partial charge on any atom is 0.411 e. The van der Waals surface area contributed by atoms with Crippen molar-refractivity contribution in [3.05, 3.63) is 72.3 Å². The fourth-order valence-electron chi connectivity index (χ4n) is 6.23. The van der Waals surface area contributed by atoms with Gasteiger partial charge < -0.3 is 4.74 Å². The van der Waals surface area contributed by atoms with Crippen LogP contribution in [0.15, 0.2) is 60.9 Å². The van der Waals surface area contributed by atoms with Crippen LogP contribution in [0.3, 0.4) is 0 Å². The number of anilines is 1. The van der Waals surface area contributed by atoms with Gasteiger partial charge in [-0.05, 0) is 68.5 Å². The Morgan fingerprint density at radius 2 is 1.78 bits per heavy atom. The minimum atomic E-state index is -0.389. The summed E-state index contributed by atoms with van der Waals surface area (Å²) in [4.78, 5) is 29.1. The van der Waals surface area contributed by atoms with E-state index in [-0.39, 0.29) is 12.1 Å². The van der Waals surface area contributed by atoms with Crippen LogP contribution in [0.2, 0.25) is 0 Å². The summed E-state index contributed by atoms with van der Waals surface area (Å²) in [6, 6.07) is 16.0. The van der Waals surface area contributed by atoms with Gasteiger partial charge in [0.1, 0.15) is 6.61 Å². The zero-order chi connectivity index (χ0) is 24.3. The summed E-state index contributed by atoms with van der Waals surface area (Å²) < 4.78 is 5.62. The van der Waals surface area contributed by atoms with Crippen molar-refractivity contribution in [2.45, 2.75) is 56.4 Å². The molecule has 3 aromatic rings. The number of pyridine rings is 1. The number of nitrogens with one attached hydrogen (secondary N) is 1. The van der Waals surface area contributed by atoms with E-state index < -0.39 is 0 Å². The van der Waals surface area contributed by atoms with E-state index in [0.29, 0.717) is 24.4 Å². The Balaban J connectivity index is 1.17. The topological polar surface area (TPSA) is 80.2 Å². The molecule has 7 rings (SSSR count). The third-order valence-electron chi connectivity index (χ3n) is 8.16. The molecule has 36 heavy (non-hydrogen) atoms. The van der Waals surface area contributed by atoms with Crippen molar-refractivity contribution in [1.82, 2.24) is 19.9 Å². The Morgan fingerprint density at radius 3 is 2.53 bits per heavy atom. The summed E-state index contributed by atoms with van der Waals surface area (Å²) in [6.07, 6.45) is 10.4. The van der Waals surface area contributed by atoms with E-state index in [1.807, 2.05) is 54.9 Å². The summed E-state index contributed by atoms with van der Waals surface area (Å²) in [5.41, 5.74) is 4.16. The minimum absolute atomic E-state index is 0.261. The summed E-state index contributed by atoms with van der Waals surface area (Å²) >= 11 is 0. The van der Waals surface area contributed by atoms with Crippen molar-refractivity contribution in [2.75, 3.05) is 25.0 Å². The molecule has 5 heterocycles. The summed E-state index contributed by atoms with van der Waals surface area (Å²) in [7, 11) is 0. The molecule has 3 saturated heterocycles. The van der Waals surface area contributed by atoms with Gasteiger partial charge in [0.25, 0.3) is 0 Å². The van der Waals surface area contributed by atoms with Crippen molar-refractivity contribution in [1.29, 1.82) is 0 Å². The van der Waals surface area contributed by atoms with Gasteiger partial charge in [-0.3, -0.25) is 15.2 Å². The number of nitrogens with zero attached hydrogens (tertiary/aromatic N) is 4. The quantitative estimate of drug-likeness (QED) is 0.490. The third-order valence-corrected chi connectivity index (χ3v) is 8.16. The molecule has 1 saturated carbocycles. The second kappa shape index (κ2) is 10.3. The van der Waals surface area contributed by atoms with E-state index in [9.17, 15) is 4.79 Å². The van der Waals surface area contributed by atoms with Crippen molar-refractivity contribution in [3.63, 3.8) is 0 Å². The van der Waals surface area contributed by atoms with E-state index in [2.05, 4.69) is 21.3 Å². The normalized spacial score (nSPS) is 25.6. The fraction of sp³-hybridized carbons (Fsp3) is 0.448. The average molecular weight is 484 g/mol. The number of benzene rings is 1. The van der Waals surface area contributed by atoms with Gasteiger partial charge in [-0.2, -0.15) is 0 Å². The predicted octanol–water partition coefficient (Wildman–Crippen LogP) is 5.62. The molecule has 0 radical (unpaired) electrons. The maximum atomic E-state index is 12.3. The van der Waals surface area contributed by atoms with Crippen LogP contribution in [0.25, 0.3) is 11.4 Å². The fourth-order valence-corrected chi connectivity index (χ4v) is 6.23. The Labute approximate surface area is 212 Å². The Morgan fingerprint density at radius 1 is 1.00 bits per heavy atom. The first kappa shape index (κ1) is 23.1. The van der Waals surface area contributed by atoms with Crippen molar-refractivity contribution >= 4 is 11.8 Å². The zero-order valence-electron chi connectivity index (χ0n) is 20.6. The van der Waals surface area contributed by atoms with E-state index in [0.717, 1.165) is 43.0 Å². The maximum absolute atomic E-state index is 12.3. The van der Waals surface area contributed by atoms with Gasteiger partial charge in [-0.1, -0.05) is 31.0 Å². The van der Waals surface area contributed by atoms with Gasteiger partial charge in [0, 0.05) is 59.5 Å². The number of carbonyl (C=O) groups excluding carboxylic acids is 1. The number of amides is 1. The highest BCUT2D eigenvalue weighted by molar-refractivity contribution is 5.84. The molecule has 7 heteroatoms. The van der Waals surface area contributed by atoms with Crippen molar-refractivity contribution in [2.24, 2.45) is 5.92 Å². The van der Waals surface area contributed by atoms with Crippen LogP contribution in [-0.4, -0.2) is 51.7 Å². The molecule has 4 atom stereocenters. The molecule has 1 amide bonds. The molecule has 4 unspecified atom stereocenters. The molecule has 3 aliphatic heterocycles. The number of para-hydroxylation sites is 1. The smallest absolute Gasteiger partial charge is 0.411 e. The highest BCUT2D eigenvalue weighted by atomic mass is 16.5. The summed E-state index contributed by atoms with van der Waals surface area (Å²) in [6.45, 7) is 2.42. The Kier molecular flexibility index (Phi) is 6.64. The van der Waals surface area contributed by atoms with Crippen LogP contribution < -0.4 is 5.32 Å². The van der Waals surface area contributed by atoms with E-state index in [4.69, 9.17) is 14.7 Å². The number of hydrogen-bond acceptors (Lipinski definition) is 6. The molecule has 186 valence electrons. The molecule has 4 fully saturated rings. The molecule has 2 bridgehead atoms. The van der Waals surface area contributed by atoms with E-state index in [1.165, 1.54) is 37.1 Å². The molecule has 4 aliphatic rings. The highest BCUT2D eigenvalue weighted by Crippen LogP contribution is 2.43. The van der Waals surface area contributed by atoms with E-state index >= 15 is 0 Å². The predicted molar refractivity (Wildman–Crippen MR) is 139 cm³/mol. The minimum Gasteiger partial charge on any atom is -0.448 e. The summed E-state index contributed by atoms with van der Waals surface area (Å²) in [5.74, 6) is 2.29. The van der Waals surface area contributed by atoms with Crippen LogP contribution in [0.5, 0.6) is 0 Å². The summed E-state index contributed by atoms with van der Waals surface area (Å²) in [5, 5.41) is 2.81. The van der Waals surface area contributed by atoms with Crippen molar-refractivity contribution < 1.29 is 9.53 Å². The molecule has 1 N–H and O–H groups in total. The average Bonchev–Trinajstić information content (AvgIpc) is 3.48. The van der Waals surface area contributed by atoms with Gasteiger partial charge in [0.15, 0.2) is 5.82 Å². The van der Waals surface area contributed by atoms with Gasteiger partial charge in [0.2, 0.25) is 0 Å². The molecule has 7 nitrogen and oxygen atoms in total. The Hall–Kier alpha value is -3.32. The monoisotopic (exact) mass is 483 g/mol. The lowest BCUT2D eigenvalue weighted by Crippen LogP contribution is -2.54. The van der Waals surface area contributed by atoms with E-state index in [1.54, 1.807) is 0 Å². The second-order valence-corrected chi connectivity index (χ2v) is 10.4. The van der Waals surface area contributed by atoms with Crippen LogP contribution in [0.4, 0.5) is 10.5 Å². The molecule has 2 aromatic heterocycles. The molecular formula is C29H33N5O2. The SMILES string of the molecule is O=C(Nc1ccccc1)OCC1CC2CCN1CC2c1cc(C2CCCC2)nc(-c2ccncc2)n1. The van der Waals surface area contributed by atoms with Crippen LogP contribution in [0, 0.1) is 5.92 Å². The van der Waals surface area contributed by atoms with Gasteiger partial charge in [-0.15, -0.1) is 0 Å². The standard InChI is InChI=1S/C29H33N5O2/c35-29(31-23-8-2-1-3-9-23)36-19-24-16-22-12-15-34(24)18-25(22)27-17-26(20-6-4-5-7-20)32-28(33-27)21-10-13-30-14-11-21/h1-3,8-11,13-14,17,20,22,24-25H,4-7,12,15-16,18-19H2,(H,31,35). The van der Waals surface area contributed by atoms with Gasteiger partial charge in [0.05, 0.1) is 0 Å². The number of piperidine rings is 3. The first-order valence-corrected chi connectivity index (χ1v) is 13.2. The lowest BCUT2D eigenvalue weighted by atomic mass is 9.74. The number of fused-ring (bicyclic) bond motifs is 3. The largest absolute Gasteiger partial charge is 0.448 e. The third kappa shape index (κ3) is 4.98.